The molecule has 8 nitrogen and oxygen atoms in total. The molecule has 1 amide bonds. The van der Waals surface area contributed by atoms with E-state index >= 15 is 0 Å². The molecule has 0 saturated heterocycles. The molecule has 0 aliphatic carbocycles. The van der Waals surface area contributed by atoms with Crippen LogP contribution in [0.1, 0.15) is 341 Å². The Morgan fingerprint density at radius 3 is 0.944 bits per heavy atom. The van der Waals surface area contributed by atoms with Gasteiger partial charge in [-0.25, -0.2) is 4.57 Å². The SMILES string of the molecule is CCCCCCCCCCCCCCCCCCCCCCCCCCCC(=O)NC(COP(=O)(O)OCC[N+](C)(C)C)C(O)CCCCCCCCCCCCCCCCCCCCCCCCCC. The number of phosphoric acid groups is 1. The van der Waals surface area contributed by atoms with Crippen molar-refractivity contribution in [3.8, 4) is 0 Å². The molecule has 0 spiro atoms. The van der Waals surface area contributed by atoms with E-state index in [0.717, 1.165) is 38.5 Å². The average molecular weight is 1030 g/mol. The first-order valence-corrected chi connectivity index (χ1v) is 33.4. The largest absolute Gasteiger partial charge is 0.472 e. The van der Waals surface area contributed by atoms with Crippen LogP contribution >= 0.6 is 7.82 Å². The van der Waals surface area contributed by atoms with Gasteiger partial charge in [-0.15, -0.1) is 0 Å². The van der Waals surface area contributed by atoms with Crippen LogP contribution in [0, 0.1) is 0 Å². The summed E-state index contributed by atoms with van der Waals surface area (Å²) in [6.07, 6.45) is 66.1. The minimum absolute atomic E-state index is 0.0793. The third-order valence-electron chi connectivity index (χ3n) is 15.1. The first-order chi connectivity index (χ1) is 34.5. The van der Waals surface area contributed by atoms with E-state index in [1.54, 1.807) is 0 Å². The average Bonchev–Trinajstić information content (AvgIpc) is 3.33. The smallest absolute Gasteiger partial charge is 0.391 e. The van der Waals surface area contributed by atoms with Crippen LogP contribution in [0.4, 0.5) is 0 Å². The molecule has 0 fully saturated rings. The van der Waals surface area contributed by atoms with E-state index in [4.69, 9.17) is 9.05 Å². The number of aliphatic hydroxyl groups excluding tert-OH is 1. The van der Waals surface area contributed by atoms with Crippen molar-refractivity contribution in [3.63, 3.8) is 0 Å². The molecule has 0 aromatic carbocycles. The lowest BCUT2D eigenvalue weighted by atomic mass is 10.0. The highest BCUT2D eigenvalue weighted by atomic mass is 31.2. The Hall–Kier alpha value is -0.500. The van der Waals surface area contributed by atoms with Crippen LogP contribution in [0.15, 0.2) is 0 Å². The summed E-state index contributed by atoms with van der Waals surface area (Å²) in [4.78, 5) is 23.4. The van der Waals surface area contributed by atoms with Gasteiger partial charge in [-0.3, -0.25) is 13.8 Å². The topological polar surface area (TPSA) is 105 Å². The summed E-state index contributed by atoms with van der Waals surface area (Å²) in [5.74, 6) is -0.134. The number of phosphoric ester groups is 1. The fraction of sp³-hybridized carbons (Fsp3) is 0.984. The molecule has 0 rings (SSSR count). The maximum atomic E-state index is 13.0. The normalized spacial score (nSPS) is 13.7. The van der Waals surface area contributed by atoms with Crippen LogP contribution < -0.4 is 5.32 Å². The summed E-state index contributed by atoms with van der Waals surface area (Å²) in [5.41, 5.74) is 0. The molecule has 0 aliphatic rings. The van der Waals surface area contributed by atoms with Crippen molar-refractivity contribution in [1.29, 1.82) is 0 Å². The monoisotopic (exact) mass is 1030 g/mol. The molecule has 3 unspecified atom stereocenters. The molecule has 3 N–H and O–H groups in total. The van der Waals surface area contributed by atoms with Crippen molar-refractivity contribution in [3.05, 3.63) is 0 Å². The highest BCUT2D eigenvalue weighted by Crippen LogP contribution is 2.43. The van der Waals surface area contributed by atoms with Crippen molar-refractivity contribution in [2.45, 2.75) is 353 Å². The van der Waals surface area contributed by atoms with Crippen LogP contribution in [-0.4, -0.2) is 73.4 Å². The zero-order valence-electron chi connectivity index (χ0n) is 48.8. The van der Waals surface area contributed by atoms with E-state index in [-0.39, 0.29) is 19.1 Å². The van der Waals surface area contributed by atoms with E-state index in [1.165, 1.54) is 276 Å². The maximum absolute atomic E-state index is 13.0. The van der Waals surface area contributed by atoms with Gasteiger partial charge in [0.25, 0.3) is 0 Å². The second-order valence-electron chi connectivity index (χ2n) is 23.5. The molecule has 0 aromatic rings. The summed E-state index contributed by atoms with van der Waals surface area (Å²) >= 11 is 0. The number of unbranched alkanes of at least 4 members (excludes halogenated alkanes) is 47. The van der Waals surface area contributed by atoms with Gasteiger partial charge in [-0.05, 0) is 12.8 Å². The van der Waals surface area contributed by atoms with Crippen LogP contribution in [0.5, 0.6) is 0 Å². The Labute approximate surface area is 444 Å². The molecule has 3 atom stereocenters. The number of carbonyl (C=O) groups excluding carboxylic acids is 1. The predicted molar refractivity (Wildman–Crippen MR) is 309 cm³/mol. The van der Waals surface area contributed by atoms with Crippen LogP contribution in [0.25, 0.3) is 0 Å². The lowest BCUT2D eigenvalue weighted by molar-refractivity contribution is -0.870. The van der Waals surface area contributed by atoms with E-state index in [0.29, 0.717) is 23.9 Å². The minimum atomic E-state index is -4.32. The van der Waals surface area contributed by atoms with Gasteiger partial charge in [0.05, 0.1) is 39.9 Å². The summed E-state index contributed by atoms with van der Waals surface area (Å²) < 4.78 is 23.9. The Balaban J connectivity index is 4.06. The van der Waals surface area contributed by atoms with Crippen LogP contribution in [0.2, 0.25) is 0 Å². The molecule has 426 valence electrons. The first-order valence-electron chi connectivity index (χ1n) is 31.9. The Bertz CT molecular complexity index is 1120. The van der Waals surface area contributed by atoms with Gasteiger partial charge in [0.15, 0.2) is 0 Å². The number of carbonyl (C=O) groups is 1. The molecule has 71 heavy (non-hydrogen) atoms. The van der Waals surface area contributed by atoms with Crippen molar-refractivity contribution < 1.29 is 32.9 Å². The highest BCUT2D eigenvalue weighted by Gasteiger charge is 2.28. The number of rotatable bonds is 60. The number of likely N-dealkylation sites (N-methyl/N-ethyl adjacent to an activating group) is 1. The van der Waals surface area contributed by atoms with Crippen LogP contribution in [0.3, 0.4) is 0 Å². The lowest BCUT2D eigenvalue weighted by Crippen LogP contribution is -2.46. The number of amides is 1. The van der Waals surface area contributed by atoms with E-state index in [9.17, 15) is 19.4 Å². The summed E-state index contributed by atoms with van der Waals surface area (Å²) in [7, 11) is 1.64. The quantitative estimate of drug-likeness (QED) is 0.0318. The van der Waals surface area contributed by atoms with Crippen molar-refractivity contribution in [2.75, 3.05) is 40.9 Å². The number of aliphatic hydroxyl groups is 1. The van der Waals surface area contributed by atoms with E-state index < -0.39 is 20.0 Å². The molecule has 0 aliphatic heterocycles. The second kappa shape index (κ2) is 54.3. The van der Waals surface area contributed by atoms with Gasteiger partial charge in [0, 0.05) is 6.42 Å². The number of hydrogen-bond acceptors (Lipinski definition) is 5. The van der Waals surface area contributed by atoms with Gasteiger partial charge >= 0.3 is 7.82 Å². The summed E-state index contributed by atoms with van der Waals surface area (Å²) in [6.45, 7) is 4.96. The Kier molecular flexibility index (Phi) is 53.9. The molecule has 0 aromatic heterocycles. The standard InChI is InChI=1S/C62H127N2O6P/c1-6-8-10-12-14-16-18-20-22-24-26-28-30-32-34-36-38-40-42-44-46-48-50-52-54-56-62(66)63-60(59-70-71(67,68)69-58-57-64(3,4)5)61(65)55-53-51-49-47-45-43-41-39-37-35-33-31-29-27-25-23-21-19-17-15-13-11-9-7-2/h60-61,65H,6-59H2,1-5H3,(H-,63,66,67,68)/p+1. The summed E-state index contributed by atoms with van der Waals surface area (Å²) in [6, 6.07) is -0.756. The molecular formula is C62H128N2O6P+. The molecular weight excluding hydrogens is 900 g/mol. The molecule has 0 heterocycles. The molecule has 0 bridgehead atoms. The zero-order valence-corrected chi connectivity index (χ0v) is 49.7. The Morgan fingerprint density at radius 1 is 0.423 bits per heavy atom. The van der Waals surface area contributed by atoms with Gasteiger partial charge in [0.1, 0.15) is 13.2 Å². The predicted octanol–water partition coefficient (Wildman–Crippen LogP) is 19.6. The number of hydrogen-bond donors (Lipinski definition) is 3. The number of nitrogens with one attached hydrogen (secondary N) is 1. The minimum Gasteiger partial charge on any atom is -0.391 e. The van der Waals surface area contributed by atoms with Crippen molar-refractivity contribution >= 4 is 13.7 Å². The lowest BCUT2D eigenvalue weighted by Gasteiger charge is -2.26. The number of quaternary nitrogens is 1. The fourth-order valence-corrected chi connectivity index (χ4v) is 10.8. The Morgan fingerprint density at radius 2 is 0.676 bits per heavy atom. The number of nitrogens with zero attached hydrogens (tertiary/aromatic N) is 1. The molecule has 0 radical (unpaired) electrons. The molecule has 9 heteroatoms. The first kappa shape index (κ1) is 70.5. The van der Waals surface area contributed by atoms with Crippen molar-refractivity contribution in [2.24, 2.45) is 0 Å². The maximum Gasteiger partial charge on any atom is 0.472 e. The molecule has 0 saturated carbocycles. The van der Waals surface area contributed by atoms with Gasteiger partial charge in [-0.2, -0.15) is 0 Å². The zero-order chi connectivity index (χ0) is 52.0. The third-order valence-corrected chi connectivity index (χ3v) is 16.1. The van der Waals surface area contributed by atoms with Gasteiger partial charge in [-0.1, -0.05) is 322 Å². The fourth-order valence-electron chi connectivity index (χ4n) is 10.1. The van der Waals surface area contributed by atoms with Crippen LogP contribution in [-0.2, 0) is 18.4 Å². The summed E-state index contributed by atoms with van der Waals surface area (Å²) in [5, 5.41) is 14.1. The highest BCUT2D eigenvalue weighted by molar-refractivity contribution is 7.47. The second-order valence-corrected chi connectivity index (χ2v) is 25.0. The van der Waals surface area contributed by atoms with Crippen molar-refractivity contribution in [1.82, 2.24) is 5.32 Å². The van der Waals surface area contributed by atoms with Gasteiger partial charge in [0.2, 0.25) is 5.91 Å². The van der Waals surface area contributed by atoms with E-state index in [1.807, 2.05) is 21.1 Å². The van der Waals surface area contributed by atoms with E-state index in [2.05, 4.69) is 19.2 Å². The third kappa shape index (κ3) is 57.1. The van der Waals surface area contributed by atoms with Gasteiger partial charge < -0.3 is 19.8 Å².